The molecule has 0 aromatic heterocycles. The number of nitrogens with zero attached hydrogens (tertiary/aromatic N) is 4. The van der Waals surface area contributed by atoms with Crippen LogP contribution in [0.3, 0.4) is 0 Å². The Morgan fingerprint density at radius 2 is 1.03 bits per heavy atom. The Morgan fingerprint density at radius 1 is 0.587 bits per heavy atom. The first-order chi connectivity index (χ1) is 28.0. The topological polar surface area (TPSA) is 412 Å². The molecule has 0 spiro atoms. The summed E-state index contributed by atoms with van der Waals surface area (Å²) in [5.74, 6) is 0.355. The minimum Gasteiger partial charge on any atom is -0.744 e. The number of non-ortho nitro benzene ring substituents is 2. The van der Waals surface area contributed by atoms with Crippen LogP contribution in [0.5, 0.6) is 0 Å². The Bertz CT molecular complexity index is 2750. The number of aryl methyl sites for hydroxylation is 2. The van der Waals surface area contributed by atoms with Gasteiger partial charge in [-0.3, -0.25) is 29.3 Å². The molecule has 0 saturated heterocycles. The van der Waals surface area contributed by atoms with Gasteiger partial charge in [-0.1, -0.05) is 6.07 Å². The standard InChI is InChI=1S/C16H18N4O8S3.C10H15NO3S2.C6H6N2O5S.2Na/c1-10-7-12(17)15(29-5-2-6-30(23,24)25)9-14(10)19-18-13-4-3-11(20(21)22)8-16(13)31(26,27)28;1-8-3-4-10(9(11)7-8)15-5-2-6-16(12,13)14;7-5-2-1-4(8(9)10)3-6(5)14(11,12)13;;/h3-4,7-9H,2,5-6,17H2,1H3,(H,23,24,25)(H,26,27,28);3-4,7H,2,5-6,11H2,1H3,(H,12,13,14);1-3H,7H2,(H,11,12,13);;/q;;;2*+1/p-2. The molecule has 0 heterocycles. The smallest absolute Gasteiger partial charge is 0.744 e. The number of nitrogens with two attached hydrogens (primary N) is 3. The van der Waals surface area contributed by atoms with Gasteiger partial charge in [0.15, 0.2) is 0 Å². The quantitative estimate of drug-likeness (QED) is 0.0134. The van der Waals surface area contributed by atoms with E-state index in [1.54, 1.807) is 19.1 Å². The zero-order chi connectivity index (χ0) is 46.5. The number of hydrogen-bond acceptors (Lipinski definition) is 21. The van der Waals surface area contributed by atoms with Gasteiger partial charge in [0, 0.05) is 51.1 Å². The summed E-state index contributed by atoms with van der Waals surface area (Å²) in [6, 6.07) is 14.2. The molecule has 0 aliphatic rings. The first-order valence-corrected chi connectivity index (χ1v) is 24.6. The Morgan fingerprint density at radius 3 is 1.49 bits per heavy atom. The van der Waals surface area contributed by atoms with E-state index in [1.165, 1.54) is 23.5 Å². The third-order valence-electron chi connectivity index (χ3n) is 7.27. The van der Waals surface area contributed by atoms with Crippen molar-refractivity contribution in [1.82, 2.24) is 0 Å². The average molecular weight is 1010 g/mol. The van der Waals surface area contributed by atoms with Gasteiger partial charge in [-0.25, -0.2) is 16.8 Å². The van der Waals surface area contributed by atoms with Gasteiger partial charge in [0.25, 0.3) is 31.6 Å². The zero-order valence-electron chi connectivity index (χ0n) is 33.7. The Kier molecular flexibility index (Phi) is 25.0. The second kappa shape index (κ2) is 26.2. The number of nitrogen functional groups attached to an aromatic ring is 3. The van der Waals surface area contributed by atoms with Crippen LogP contribution in [-0.4, -0.2) is 84.7 Å². The maximum atomic E-state index is 11.5. The summed E-state index contributed by atoms with van der Waals surface area (Å²) in [6.07, 6.45) is 0.595. The fourth-order valence-corrected chi connectivity index (χ4v) is 8.90. The normalized spacial score (nSPS) is 11.5. The van der Waals surface area contributed by atoms with E-state index in [0.717, 1.165) is 34.7 Å². The van der Waals surface area contributed by atoms with E-state index in [9.17, 15) is 63.0 Å². The van der Waals surface area contributed by atoms with Gasteiger partial charge in [0.2, 0.25) is 0 Å². The van der Waals surface area contributed by atoms with Gasteiger partial charge < -0.3 is 26.3 Å². The predicted octanol–water partition coefficient (Wildman–Crippen LogP) is -0.789. The summed E-state index contributed by atoms with van der Waals surface area (Å²) < 4.78 is 126. The maximum absolute atomic E-state index is 11.5. The molecule has 4 rings (SSSR count). The van der Waals surface area contributed by atoms with E-state index in [4.69, 9.17) is 26.3 Å². The minimum absolute atomic E-state index is 0. The Hall–Kier alpha value is -2.98. The van der Waals surface area contributed by atoms with Crippen LogP contribution in [0.25, 0.3) is 0 Å². The van der Waals surface area contributed by atoms with Gasteiger partial charge in [0.1, 0.15) is 25.9 Å². The van der Waals surface area contributed by atoms with Gasteiger partial charge in [-0.2, -0.15) is 21.9 Å². The van der Waals surface area contributed by atoms with E-state index in [-0.39, 0.29) is 82.7 Å². The van der Waals surface area contributed by atoms with E-state index in [1.807, 2.05) is 25.1 Å². The molecule has 4 aromatic carbocycles. The number of nitro groups is 2. The first kappa shape index (κ1) is 60.0. The van der Waals surface area contributed by atoms with Crippen LogP contribution in [0.1, 0.15) is 24.0 Å². The number of rotatable bonds is 16. The van der Waals surface area contributed by atoms with Crippen LogP contribution in [0.15, 0.2) is 96.5 Å². The second-order valence-electron chi connectivity index (χ2n) is 12.2. The van der Waals surface area contributed by atoms with Crippen molar-refractivity contribution < 1.29 is 121 Å². The van der Waals surface area contributed by atoms with Crippen molar-refractivity contribution in [2.75, 3.05) is 40.2 Å². The molecule has 23 nitrogen and oxygen atoms in total. The predicted molar refractivity (Wildman–Crippen MR) is 225 cm³/mol. The average Bonchev–Trinajstić information content (AvgIpc) is 3.11. The monoisotopic (exact) mass is 1010 g/mol. The summed E-state index contributed by atoms with van der Waals surface area (Å²) >= 11 is 2.72. The molecular weight excluding hydrogens is 977 g/mol. The van der Waals surface area contributed by atoms with Crippen molar-refractivity contribution in [3.05, 3.63) is 98.1 Å². The molecule has 0 aliphatic carbocycles. The Balaban J connectivity index is 0.00000101. The van der Waals surface area contributed by atoms with E-state index in [0.29, 0.717) is 57.6 Å². The summed E-state index contributed by atoms with van der Waals surface area (Å²) in [4.78, 5) is 19.3. The van der Waals surface area contributed by atoms with E-state index >= 15 is 0 Å². The van der Waals surface area contributed by atoms with Crippen LogP contribution in [0.2, 0.25) is 0 Å². The van der Waals surface area contributed by atoms with Crippen molar-refractivity contribution in [1.29, 1.82) is 0 Å². The van der Waals surface area contributed by atoms with Crippen molar-refractivity contribution in [3.63, 3.8) is 0 Å². The van der Waals surface area contributed by atoms with Gasteiger partial charge in [-0.05, 0) is 85.7 Å². The third-order valence-corrected chi connectivity index (χ3v) is 13.0. The van der Waals surface area contributed by atoms with Crippen molar-refractivity contribution in [3.8, 4) is 0 Å². The van der Waals surface area contributed by atoms with Crippen molar-refractivity contribution >= 4 is 104 Å². The summed E-state index contributed by atoms with van der Waals surface area (Å²) in [5.41, 5.74) is 18.3. The molecule has 0 radical (unpaired) electrons. The largest absolute Gasteiger partial charge is 1.00 e. The number of hydrogen-bond donors (Lipinski definition) is 5. The zero-order valence-corrected chi connectivity index (χ0v) is 42.6. The SMILES string of the molecule is Cc1cc(N)c(SCCCS(=O)(=O)O)cc1N=Nc1ccc([N+](=O)[O-])cc1S(=O)(=O)[O-].Cc1ccc(SCCCS(=O)(=O)O)c(N)c1.Nc1ccc([N+](=O)[O-])cc1S(=O)(=O)[O-].[Na+].[Na+]. The van der Waals surface area contributed by atoms with E-state index in [2.05, 4.69) is 10.2 Å². The van der Waals surface area contributed by atoms with E-state index < -0.39 is 77.2 Å². The molecule has 0 fully saturated rings. The minimum atomic E-state index is -5.05. The van der Waals surface area contributed by atoms with Gasteiger partial charge >= 0.3 is 59.1 Å². The summed E-state index contributed by atoms with van der Waals surface area (Å²) in [5, 5.41) is 28.8. The molecule has 0 amide bonds. The fourth-order valence-electron chi connectivity index (χ4n) is 4.44. The number of benzene rings is 4. The maximum Gasteiger partial charge on any atom is 1.00 e. The summed E-state index contributed by atoms with van der Waals surface area (Å²) in [6.45, 7) is 3.63. The number of nitro benzene ring substituents is 2. The van der Waals surface area contributed by atoms with Crippen molar-refractivity contribution in [2.45, 2.75) is 46.3 Å². The molecule has 0 saturated carbocycles. The fraction of sp³-hybridized carbons (Fsp3) is 0.250. The molecular formula is C32H37N7Na2O16S6. The Labute approximate surface area is 415 Å². The summed E-state index contributed by atoms with van der Waals surface area (Å²) in [7, 11) is -17.7. The number of azo groups is 1. The molecule has 0 atom stereocenters. The van der Waals surface area contributed by atoms with Crippen molar-refractivity contribution in [2.24, 2.45) is 10.2 Å². The van der Waals surface area contributed by atoms with Crippen LogP contribution in [-0.2, 0) is 40.5 Å². The molecule has 0 aliphatic heterocycles. The van der Waals surface area contributed by atoms with Crippen LogP contribution in [0.4, 0.5) is 39.8 Å². The molecule has 334 valence electrons. The third kappa shape index (κ3) is 22.2. The van der Waals surface area contributed by atoms with Crippen LogP contribution >= 0.6 is 23.5 Å². The van der Waals surface area contributed by atoms with Gasteiger partial charge in [-0.15, -0.1) is 28.6 Å². The van der Waals surface area contributed by atoms with Crippen LogP contribution < -0.4 is 76.3 Å². The molecule has 0 bridgehead atoms. The number of thioether (sulfide) groups is 2. The second-order valence-corrected chi connectivity index (χ2v) is 20.3. The molecule has 0 unspecified atom stereocenters. The van der Waals surface area contributed by atoms with Crippen LogP contribution in [0, 0.1) is 34.1 Å². The molecule has 4 aromatic rings. The number of anilines is 3. The molecule has 63 heavy (non-hydrogen) atoms. The van der Waals surface area contributed by atoms with Gasteiger partial charge in [0.05, 0.1) is 36.8 Å². The molecule has 8 N–H and O–H groups in total. The molecule has 31 heteroatoms. The first-order valence-electron chi connectivity index (χ1n) is 16.6.